The number of pyridine rings is 1. The van der Waals surface area contributed by atoms with Crippen molar-refractivity contribution in [2.45, 2.75) is 19.8 Å². The molecule has 148 valence electrons. The number of ether oxygens (including phenoxy) is 1. The Hall–Kier alpha value is -3.67. The third-order valence-corrected chi connectivity index (χ3v) is 4.41. The van der Waals surface area contributed by atoms with Gasteiger partial charge in [0.25, 0.3) is 5.91 Å². The monoisotopic (exact) mass is 389 g/mol. The standard InChI is InChI=1S/C23H23N3O3/c1-15(2)19-9-4-5-10-20(19)26-22(27)17-11-12-21(24-14-17)25-18-8-6-7-16(13-18)23(28)29-3/h4-15H,1-3H3,(H,24,25)(H,26,27). The highest BCUT2D eigenvalue weighted by molar-refractivity contribution is 6.04. The molecule has 0 aliphatic heterocycles. The quantitative estimate of drug-likeness (QED) is 0.581. The van der Waals surface area contributed by atoms with Gasteiger partial charge in [-0.15, -0.1) is 0 Å². The fraction of sp³-hybridized carbons (Fsp3) is 0.174. The van der Waals surface area contributed by atoms with Gasteiger partial charge in [-0.3, -0.25) is 4.79 Å². The van der Waals surface area contributed by atoms with Crippen molar-refractivity contribution < 1.29 is 14.3 Å². The normalized spacial score (nSPS) is 10.5. The molecule has 2 aromatic carbocycles. The summed E-state index contributed by atoms with van der Waals surface area (Å²) in [6.07, 6.45) is 1.51. The van der Waals surface area contributed by atoms with E-state index in [1.807, 2.05) is 30.3 Å². The molecule has 2 N–H and O–H groups in total. The highest BCUT2D eigenvalue weighted by Crippen LogP contribution is 2.24. The van der Waals surface area contributed by atoms with Crippen molar-refractivity contribution in [1.29, 1.82) is 0 Å². The summed E-state index contributed by atoms with van der Waals surface area (Å²) in [5, 5.41) is 6.07. The number of nitrogens with one attached hydrogen (secondary N) is 2. The van der Waals surface area contributed by atoms with E-state index in [0.29, 0.717) is 28.6 Å². The molecule has 3 rings (SSSR count). The lowest BCUT2D eigenvalue weighted by molar-refractivity contribution is 0.0600. The summed E-state index contributed by atoms with van der Waals surface area (Å²) in [5.74, 6) is 0.239. The number of amides is 1. The molecule has 0 fully saturated rings. The summed E-state index contributed by atoms with van der Waals surface area (Å²) in [4.78, 5) is 28.5. The summed E-state index contributed by atoms with van der Waals surface area (Å²) in [6.45, 7) is 4.17. The third-order valence-electron chi connectivity index (χ3n) is 4.41. The van der Waals surface area contributed by atoms with E-state index in [0.717, 1.165) is 11.3 Å². The van der Waals surface area contributed by atoms with Gasteiger partial charge in [-0.05, 0) is 47.9 Å². The van der Waals surface area contributed by atoms with Gasteiger partial charge < -0.3 is 15.4 Å². The number of anilines is 3. The zero-order valence-corrected chi connectivity index (χ0v) is 16.6. The summed E-state index contributed by atoms with van der Waals surface area (Å²) < 4.78 is 4.73. The van der Waals surface area contributed by atoms with Crippen LogP contribution < -0.4 is 10.6 Å². The van der Waals surface area contributed by atoms with E-state index in [9.17, 15) is 9.59 Å². The Balaban J connectivity index is 1.71. The number of rotatable bonds is 6. The Morgan fingerprint density at radius 1 is 0.966 bits per heavy atom. The summed E-state index contributed by atoms with van der Waals surface area (Å²) in [5.41, 5.74) is 3.48. The fourth-order valence-electron chi connectivity index (χ4n) is 2.90. The first-order chi connectivity index (χ1) is 14.0. The maximum absolute atomic E-state index is 12.6. The number of nitrogens with zero attached hydrogens (tertiary/aromatic N) is 1. The lowest BCUT2D eigenvalue weighted by Crippen LogP contribution is -2.14. The predicted molar refractivity (Wildman–Crippen MR) is 114 cm³/mol. The van der Waals surface area contributed by atoms with Crippen molar-refractivity contribution in [3.63, 3.8) is 0 Å². The molecule has 1 aromatic heterocycles. The van der Waals surface area contributed by atoms with Gasteiger partial charge in [0.2, 0.25) is 0 Å². The first-order valence-corrected chi connectivity index (χ1v) is 9.29. The van der Waals surface area contributed by atoms with Crippen molar-refractivity contribution in [2.24, 2.45) is 0 Å². The van der Waals surface area contributed by atoms with Crippen molar-refractivity contribution >= 4 is 29.1 Å². The molecule has 1 heterocycles. The summed E-state index contributed by atoms with van der Waals surface area (Å²) in [6, 6.07) is 18.1. The summed E-state index contributed by atoms with van der Waals surface area (Å²) in [7, 11) is 1.34. The largest absolute Gasteiger partial charge is 0.465 e. The number of aromatic nitrogens is 1. The molecule has 6 heteroatoms. The van der Waals surface area contributed by atoms with Crippen LogP contribution in [0.25, 0.3) is 0 Å². The molecule has 29 heavy (non-hydrogen) atoms. The SMILES string of the molecule is COC(=O)c1cccc(Nc2ccc(C(=O)Nc3ccccc3C(C)C)cn2)c1. The number of esters is 1. The van der Waals surface area contributed by atoms with Gasteiger partial charge in [0, 0.05) is 17.6 Å². The van der Waals surface area contributed by atoms with E-state index in [-0.39, 0.29) is 5.91 Å². The van der Waals surface area contributed by atoms with E-state index in [1.54, 1.807) is 30.3 Å². The smallest absolute Gasteiger partial charge is 0.337 e. The van der Waals surface area contributed by atoms with Gasteiger partial charge in [-0.2, -0.15) is 0 Å². The first kappa shape index (κ1) is 20.1. The number of carbonyl (C=O) groups is 2. The van der Waals surface area contributed by atoms with Crippen LogP contribution in [0.3, 0.4) is 0 Å². The number of carbonyl (C=O) groups excluding carboxylic acids is 2. The average molecular weight is 389 g/mol. The van der Waals surface area contributed by atoms with Crippen LogP contribution in [0, 0.1) is 0 Å². The van der Waals surface area contributed by atoms with Gasteiger partial charge in [0.15, 0.2) is 0 Å². The van der Waals surface area contributed by atoms with E-state index in [4.69, 9.17) is 4.74 Å². The van der Waals surface area contributed by atoms with Crippen LogP contribution in [0.15, 0.2) is 66.9 Å². The topological polar surface area (TPSA) is 80.3 Å². The molecule has 0 saturated heterocycles. The zero-order valence-electron chi connectivity index (χ0n) is 16.6. The van der Waals surface area contributed by atoms with Gasteiger partial charge >= 0.3 is 5.97 Å². The molecular weight excluding hydrogens is 366 g/mol. The Kier molecular flexibility index (Phi) is 6.24. The molecule has 3 aromatic rings. The Labute approximate surface area is 169 Å². The van der Waals surface area contributed by atoms with Crippen molar-refractivity contribution in [3.05, 3.63) is 83.6 Å². The van der Waals surface area contributed by atoms with Crippen LogP contribution in [0.4, 0.5) is 17.2 Å². The Bertz CT molecular complexity index is 1010. The Morgan fingerprint density at radius 2 is 1.76 bits per heavy atom. The van der Waals surface area contributed by atoms with Gasteiger partial charge in [-0.25, -0.2) is 9.78 Å². The molecule has 1 amide bonds. The number of hydrogen-bond donors (Lipinski definition) is 2. The van der Waals surface area contributed by atoms with Crippen molar-refractivity contribution in [3.8, 4) is 0 Å². The fourth-order valence-corrected chi connectivity index (χ4v) is 2.90. The van der Waals surface area contributed by atoms with Crippen molar-refractivity contribution in [2.75, 3.05) is 17.7 Å². The van der Waals surface area contributed by atoms with E-state index in [2.05, 4.69) is 29.5 Å². The van der Waals surface area contributed by atoms with Crippen LogP contribution in [0.1, 0.15) is 46.0 Å². The molecular formula is C23H23N3O3. The van der Waals surface area contributed by atoms with E-state index < -0.39 is 5.97 Å². The van der Waals surface area contributed by atoms with Crippen LogP contribution in [0.5, 0.6) is 0 Å². The molecule has 0 bridgehead atoms. The average Bonchev–Trinajstić information content (AvgIpc) is 2.74. The Morgan fingerprint density at radius 3 is 2.45 bits per heavy atom. The van der Waals surface area contributed by atoms with Crippen LogP contribution in [-0.4, -0.2) is 24.0 Å². The van der Waals surface area contributed by atoms with Crippen LogP contribution >= 0.6 is 0 Å². The zero-order chi connectivity index (χ0) is 20.8. The first-order valence-electron chi connectivity index (χ1n) is 9.29. The second kappa shape index (κ2) is 9.01. The summed E-state index contributed by atoms with van der Waals surface area (Å²) >= 11 is 0. The minimum Gasteiger partial charge on any atom is -0.465 e. The minimum absolute atomic E-state index is 0.218. The molecule has 0 aliphatic carbocycles. The molecule has 0 spiro atoms. The van der Waals surface area contributed by atoms with E-state index in [1.165, 1.54) is 13.3 Å². The molecule has 0 aliphatic rings. The number of benzene rings is 2. The third kappa shape index (κ3) is 4.99. The maximum atomic E-state index is 12.6. The minimum atomic E-state index is -0.407. The molecule has 0 radical (unpaired) electrons. The highest BCUT2D eigenvalue weighted by atomic mass is 16.5. The molecule has 0 atom stereocenters. The second-order valence-electron chi connectivity index (χ2n) is 6.83. The highest BCUT2D eigenvalue weighted by Gasteiger charge is 2.12. The molecule has 6 nitrogen and oxygen atoms in total. The van der Waals surface area contributed by atoms with Crippen LogP contribution in [0.2, 0.25) is 0 Å². The van der Waals surface area contributed by atoms with Crippen molar-refractivity contribution in [1.82, 2.24) is 4.98 Å². The number of para-hydroxylation sites is 1. The van der Waals surface area contributed by atoms with Gasteiger partial charge in [0.05, 0.1) is 18.2 Å². The lowest BCUT2D eigenvalue weighted by atomic mass is 10.0. The molecule has 0 saturated carbocycles. The molecule has 0 unspecified atom stereocenters. The number of hydrogen-bond acceptors (Lipinski definition) is 5. The number of methoxy groups -OCH3 is 1. The van der Waals surface area contributed by atoms with Crippen LogP contribution in [-0.2, 0) is 4.74 Å². The van der Waals surface area contributed by atoms with Gasteiger partial charge in [0.1, 0.15) is 5.82 Å². The maximum Gasteiger partial charge on any atom is 0.337 e. The lowest BCUT2D eigenvalue weighted by Gasteiger charge is -2.13. The second-order valence-corrected chi connectivity index (χ2v) is 6.83. The van der Waals surface area contributed by atoms with E-state index >= 15 is 0 Å². The predicted octanol–water partition coefficient (Wildman–Crippen LogP) is 4.99. The van der Waals surface area contributed by atoms with Gasteiger partial charge in [-0.1, -0.05) is 38.1 Å².